The van der Waals surface area contributed by atoms with E-state index >= 15 is 0 Å². The molecule has 1 aliphatic rings. The van der Waals surface area contributed by atoms with Gasteiger partial charge in [0.2, 0.25) is 0 Å². The van der Waals surface area contributed by atoms with Crippen molar-refractivity contribution < 1.29 is 9.59 Å². The van der Waals surface area contributed by atoms with E-state index in [1.165, 1.54) is 0 Å². The lowest BCUT2D eigenvalue weighted by Crippen LogP contribution is -2.36. The highest BCUT2D eigenvalue weighted by atomic mass is 16.2. The molecule has 0 radical (unpaired) electrons. The van der Waals surface area contributed by atoms with Gasteiger partial charge in [-0.15, -0.1) is 0 Å². The Bertz CT molecular complexity index is 629. The maximum atomic E-state index is 12.2. The number of hydrogen-bond donors (Lipinski definition) is 3. The largest absolute Gasteiger partial charge is 0.364 e. The van der Waals surface area contributed by atoms with E-state index in [4.69, 9.17) is 5.73 Å². The van der Waals surface area contributed by atoms with Crippen molar-refractivity contribution in [1.29, 1.82) is 0 Å². The van der Waals surface area contributed by atoms with Crippen LogP contribution in [0, 0.1) is 0 Å². The quantitative estimate of drug-likeness (QED) is 0.708. The molecule has 0 saturated heterocycles. The van der Waals surface area contributed by atoms with Crippen LogP contribution in [0.15, 0.2) is 18.3 Å². The highest BCUT2D eigenvalue weighted by Gasteiger charge is 2.27. The van der Waals surface area contributed by atoms with Crippen molar-refractivity contribution in [3.8, 4) is 0 Å². The Labute approximate surface area is 108 Å². The SMILES string of the molecule is NC(=O)c1n[nH]c2c1CN(C(=O)c1ccc[nH]1)CC2. The zero-order chi connectivity index (χ0) is 13.4. The van der Waals surface area contributed by atoms with Crippen LogP contribution < -0.4 is 5.73 Å². The number of nitrogens with zero attached hydrogens (tertiary/aromatic N) is 2. The van der Waals surface area contributed by atoms with Crippen LogP contribution in [0.5, 0.6) is 0 Å². The number of nitrogens with one attached hydrogen (secondary N) is 2. The lowest BCUT2D eigenvalue weighted by atomic mass is 10.0. The first-order valence-electron chi connectivity index (χ1n) is 5.95. The number of carbonyl (C=O) groups excluding carboxylic acids is 2. The van der Waals surface area contributed by atoms with Crippen LogP contribution in [0.2, 0.25) is 0 Å². The smallest absolute Gasteiger partial charge is 0.270 e. The van der Waals surface area contributed by atoms with E-state index in [-0.39, 0.29) is 11.6 Å². The van der Waals surface area contributed by atoms with E-state index in [1.54, 1.807) is 23.2 Å². The molecule has 7 nitrogen and oxygen atoms in total. The summed E-state index contributed by atoms with van der Waals surface area (Å²) in [6.07, 6.45) is 2.34. The molecule has 98 valence electrons. The maximum absolute atomic E-state index is 12.2. The number of rotatable bonds is 2. The van der Waals surface area contributed by atoms with E-state index < -0.39 is 5.91 Å². The Morgan fingerprint density at radius 3 is 2.95 bits per heavy atom. The molecule has 2 aromatic rings. The molecule has 7 heteroatoms. The van der Waals surface area contributed by atoms with Gasteiger partial charge in [0.25, 0.3) is 11.8 Å². The first kappa shape index (κ1) is 11.5. The zero-order valence-electron chi connectivity index (χ0n) is 10.1. The van der Waals surface area contributed by atoms with Gasteiger partial charge in [0.15, 0.2) is 5.69 Å². The number of aromatic amines is 2. The standard InChI is InChI=1S/C12H13N5O2/c13-11(18)10-7-6-17(5-3-8(7)15-16-10)12(19)9-2-1-4-14-9/h1-2,4,14H,3,5-6H2,(H2,13,18)(H,15,16). The molecule has 1 aliphatic heterocycles. The summed E-state index contributed by atoms with van der Waals surface area (Å²) >= 11 is 0. The molecule has 0 fully saturated rings. The Hall–Kier alpha value is -2.57. The van der Waals surface area contributed by atoms with Gasteiger partial charge in [0, 0.05) is 30.4 Å². The summed E-state index contributed by atoms with van der Waals surface area (Å²) in [5.41, 5.74) is 7.62. The summed E-state index contributed by atoms with van der Waals surface area (Å²) in [6, 6.07) is 3.50. The third-order valence-electron chi connectivity index (χ3n) is 3.28. The van der Waals surface area contributed by atoms with Crippen LogP contribution in [-0.4, -0.2) is 38.4 Å². The van der Waals surface area contributed by atoms with Crippen molar-refractivity contribution in [2.24, 2.45) is 5.73 Å². The fourth-order valence-corrected chi connectivity index (χ4v) is 2.31. The molecule has 4 N–H and O–H groups in total. The normalized spacial score (nSPS) is 14.2. The van der Waals surface area contributed by atoms with Crippen molar-refractivity contribution in [3.63, 3.8) is 0 Å². The first-order chi connectivity index (χ1) is 9.16. The number of aromatic nitrogens is 3. The molecule has 2 aromatic heterocycles. The minimum absolute atomic E-state index is 0.0905. The lowest BCUT2D eigenvalue weighted by molar-refractivity contribution is 0.0726. The van der Waals surface area contributed by atoms with Crippen LogP contribution >= 0.6 is 0 Å². The van der Waals surface area contributed by atoms with Gasteiger partial charge in [-0.1, -0.05) is 0 Å². The van der Waals surface area contributed by atoms with E-state index in [2.05, 4.69) is 15.2 Å². The van der Waals surface area contributed by atoms with Crippen molar-refractivity contribution >= 4 is 11.8 Å². The van der Waals surface area contributed by atoms with Crippen molar-refractivity contribution in [2.75, 3.05) is 6.54 Å². The number of primary amides is 1. The Kier molecular flexibility index (Phi) is 2.59. The fraction of sp³-hybridized carbons (Fsp3) is 0.250. The average Bonchev–Trinajstić information content (AvgIpc) is 3.06. The summed E-state index contributed by atoms with van der Waals surface area (Å²) in [7, 11) is 0. The average molecular weight is 259 g/mol. The zero-order valence-corrected chi connectivity index (χ0v) is 10.1. The van der Waals surface area contributed by atoms with E-state index in [0.29, 0.717) is 25.2 Å². The van der Waals surface area contributed by atoms with Gasteiger partial charge in [0.1, 0.15) is 5.69 Å². The van der Waals surface area contributed by atoms with Gasteiger partial charge in [-0.2, -0.15) is 5.10 Å². The molecule has 2 amide bonds. The highest BCUT2D eigenvalue weighted by Crippen LogP contribution is 2.21. The van der Waals surface area contributed by atoms with Crippen LogP contribution in [0.25, 0.3) is 0 Å². The van der Waals surface area contributed by atoms with Crippen LogP contribution in [0.1, 0.15) is 32.2 Å². The second-order valence-electron chi connectivity index (χ2n) is 4.45. The summed E-state index contributed by atoms with van der Waals surface area (Å²) in [5.74, 6) is -0.668. The molecular formula is C12H13N5O2. The highest BCUT2D eigenvalue weighted by molar-refractivity contribution is 5.94. The summed E-state index contributed by atoms with van der Waals surface area (Å²) in [6.45, 7) is 0.938. The molecule has 19 heavy (non-hydrogen) atoms. The predicted molar refractivity (Wildman–Crippen MR) is 66.3 cm³/mol. The topological polar surface area (TPSA) is 108 Å². The number of carbonyl (C=O) groups is 2. The number of amides is 2. The molecule has 0 bridgehead atoms. The monoisotopic (exact) mass is 259 g/mol. The summed E-state index contributed by atoms with van der Waals surface area (Å²) < 4.78 is 0. The van der Waals surface area contributed by atoms with Crippen LogP contribution in [0.3, 0.4) is 0 Å². The van der Waals surface area contributed by atoms with E-state index in [0.717, 1.165) is 11.3 Å². The fourth-order valence-electron chi connectivity index (χ4n) is 2.31. The maximum Gasteiger partial charge on any atom is 0.270 e. The predicted octanol–water partition coefficient (Wildman–Crippen LogP) is 0.0352. The summed E-state index contributed by atoms with van der Waals surface area (Å²) in [4.78, 5) is 28.1. The van der Waals surface area contributed by atoms with Gasteiger partial charge in [0.05, 0.1) is 6.54 Å². The molecule has 0 aromatic carbocycles. The molecule has 0 unspecified atom stereocenters. The Morgan fingerprint density at radius 2 is 2.26 bits per heavy atom. The minimum atomic E-state index is -0.577. The number of hydrogen-bond acceptors (Lipinski definition) is 3. The minimum Gasteiger partial charge on any atom is -0.364 e. The molecule has 3 rings (SSSR count). The third-order valence-corrected chi connectivity index (χ3v) is 3.28. The Morgan fingerprint density at radius 1 is 1.42 bits per heavy atom. The van der Waals surface area contributed by atoms with Crippen molar-refractivity contribution in [3.05, 3.63) is 41.0 Å². The molecule has 0 spiro atoms. The summed E-state index contributed by atoms with van der Waals surface area (Å²) in [5, 5.41) is 6.71. The van der Waals surface area contributed by atoms with Gasteiger partial charge in [-0.25, -0.2) is 0 Å². The second kappa shape index (κ2) is 4.27. The van der Waals surface area contributed by atoms with E-state index in [1.807, 2.05) is 0 Å². The second-order valence-corrected chi connectivity index (χ2v) is 4.45. The molecular weight excluding hydrogens is 246 g/mol. The number of fused-ring (bicyclic) bond motifs is 1. The lowest BCUT2D eigenvalue weighted by Gasteiger charge is -2.26. The van der Waals surface area contributed by atoms with Gasteiger partial charge >= 0.3 is 0 Å². The van der Waals surface area contributed by atoms with Gasteiger partial charge in [-0.05, 0) is 12.1 Å². The van der Waals surface area contributed by atoms with Gasteiger partial charge in [-0.3, -0.25) is 14.7 Å². The van der Waals surface area contributed by atoms with Crippen LogP contribution in [-0.2, 0) is 13.0 Å². The van der Waals surface area contributed by atoms with Gasteiger partial charge < -0.3 is 15.6 Å². The molecule has 0 atom stereocenters. The number of nitrogens with two attached hydrogens (primary N) is 1. The third kappa shape index (κ3) is 1.88. The molecule has 0 aliphatic carbocycles. The first-order valence-corrected chi connectivity index (χ1v) is 5.95. The molecule has 0 saturated carbocycles. The molecule has 3 heterocycles. The van der Waals surface area contributed by atoms with Crippen LogP contribution in [0.4, 0.5) is 0 Å². The number of H-pyrrole nitrogens is 2. The van der Waals surface area contributed by atoms with Crippen molar-refractivity contribution in [1.82, 2.24) is 20.1 Å². The van der Waals surface area contributed by atoms with Crippen molar-refractivity contribution in [2.45, 2.75) is 13.0 Å². The Balaban J connectivity index is 1.87. The van der Waals surface area contributed by atoms with E-state index in [9.17, 15) is 9.59 Å².